The molecule has 0 saturated carbocycles. The summed E-state index contributed by atoms with van der Waals surface area (Å²) in [6.45, 7) is 4.77. The molecule has 1 nitrogen and oxygen atoms in total. The number of hydrogen-bond acceptors (Lipinski definition) is 0. The molecule has 0 fully saturated rings. The van der Waals surface area contributed by atoms with Crippen LogP contribution < -0.4 is 28.2 Å². The molecule has 0 aliphatic heterocycles. The van der Waals surface area contributed by atoms with Gasteiger partial charge in [0, 0.05) is 0 Å². The minimum Gasteiger partial charge on any atom is -1.00 e. The van der Waals surface area contributed by atoms with Crippen LogP contribution in [0.3, 0.4) is 0 Å². The van der Waals surface area contributed by atoms with Crippen molar-refractivity contribution in [1.82, 2.24) is 4.98 Å². The summed E-state index contributed by atoms with van der Waals surface area (Å²) in [6.07, 6.45) is 6.89. The van der Waals surface area contributed by atoms with Crippen molar-refractivity contribution in [1.29, 1.82) is 0 Å². The van der Waals surface area contributed by atoms with Gasteiger partial charge in [0.05, 0.1) is 0 Å². The van der Waals surface area contributed by atoms with Gasteiger partial charge in [0.1, 0.15) is 0 Å². The first-order valence-corrected chi connectivity index (χ1v) is 11.1. The zero-order chi connectivity index (χ0) is 12.5. The summed E-state index contributed by atoms with van der Waals surface area (Å²) in [5.74, 6) is 0. The van der Waals surface area contributed by atoms with E-state index in [-0.39, 0.29) is 33.2 Å². The number of benzene rings is 1. The molecule has 2 aromatic rings. The maximum Gasteiger partial charge on any atom is -1.00 e. The van der Waals surface area contributed by atoms with Crippen molar-refractivity contribution < 1.29 is 48.0 Å². The maximum atomic E-state index is 3.59. The molecule has 20 heavy (non-hydrogen) atoms. The van der Waals surface area contributed by atoms with Crippen LogP contribution in [0, 0.1) is 0 Å². The third-order valence-corrected chi connectivity index (χ3v) is 8.34. The van der Waals surface area contributed by atoms with E-state index >= 15 is 0 Å². The molecule has 1 aliphatic carbocycles. The van der Waals surface area contributed by atoms with E-state index in [9.17, 15) is 0 Å². The number of aromatic amines is 1. The van der Waals surface area contributed by atoms with Crippen molar-refractivity contribution in [2.45, 2.75) is 13.1 Å². The number of rotatable bonds is 2. The van der Waals surface area contributed by atoms with E-state index in [2.05, 4.69) is 66.6 Å². The van der Waals surface area contributed by atoms with Crippen LogP contribution in [0.5, 0.6) is 0 Å². The first-order valence-electron chi connectivity index (χ1n) is 6.15. The molecule has 1 N–H and O–H groups in total. The fraction of sp³-hybridized carbons (Fsp3) is 0.133. The van der Waals surface area contributed by atoms with Crippen molar-refractivity contribution in [2.75, 3.05) is 0 Å². The van der Waals surface area contributed by atoms with Gasteiger partial charge in [-0.05, 0) is 0 Å². The summed E-state index contributed by atoms with van der Waals surface area (Å²) < 4.78 is 3.14. The minimum atomic E-state index is -0.661. The van der Waals surface area contributed by atoms with Crippen LogP contribution >= 0.6 is 0 Å². The van der Waals surface area contributed by atoms with E-state index in [0.29, 0.717) is 0 Å². The van der Waals surface area contributed by atoms with Gasteiger partial charge in [-0.3, -0.25) is 0 Å². The van der Waals surface area contributed by atoms with Crippen molar-refractivity contribution >= 4 is 27.9 Å². The van der Waals surface area contributed by atoms with E-state index in [1.807, 2.05) is 0 Å². The summed E-state index contributed by atoms with van der Waals surface area (Å²) >= 11 is -0.661. The van der Waals surface area contributed by atoms with Gasteiger partial charge in [0.15, 0.2) is 0 Å². The van der Waals surface area contributed by atoms with E-state index in [1.165, 1.54) is 14.3 Å². The summed E-state index contributed by atoms with van der Waals surface area (Å²) in [5.41, 5.74) is 1.28. The molecule has 1 aliphatic rings. The number of H-pyrrole nitrogens is 1. The van der Waals surface area contributed by atoms with Crippen LogP contribution in [0.1, 0.15) is 0 Å². The van der Waals surface area contributed by atoms with Crippen molar-refractivity contribution in [2.24, 2.45) is 0 Å². The van der Waals surface area contributed by atoms with Gasteiger partial charge < -0.3 is 24.8 Å². The molecule has 0 spiro atoms. The van der Waals surface area contributed by atoms with Crippen molar-refractivity contribution in [3.05, 3.63) is 51.8 Å². The smallest absolute Gasteiger partial charge is 1.00 e. The molecular formula is C15H15Cl2NSiZr. The fourth-order valence-corrected chi connectivity index (χ4v) is 8.25. The van der Waals surface area contributed by atoms with Crippen LogP contribution in [0.2, 0.25) is 13.1 Å². The minimum absolute atomic E-state index is 0. The Morgan fingerprint density at radius 2 is 1.85 bits per heavy atom. The molecule has 5 heteroatoms. The zero-order valence-electron chi connectivity index (χ0n) is 11.4. The number of para-hydroxylation sites is 1. The van der Waals surface area contributed by atoms with Gasteiger partial charge in [-0.25, -0.2) is 0 Å². The van der Waals surface area contributed by atoms with Gasteiger partial charge in [-0.15, -0.1) is 0 Å². The van der Waals surface area contributed by atoms with Crippen molar-refractivity contribution in [3.63, 3.8) is 0 Å². The molecule has 0 unspecified atom stereocenters. The van der Waals surface area contributed by atoms with E-state index in [4.69, 9.17) is 0 Å². The van der Waals surface area contributed by atoms with Gasteiger partial charge in [-0.1, -0.05) is 0 Å². The van der Waals surface area contributed by atoms with Gasteiger partial charge >= 0.3 is 121 Å². The number of halogens is 2. The molecule has 0 saturated heterocycles. The van der Waals surface area contributed by atoms with Crippen LogP contribution in [0.4, 0.5) is 0 Å². The molecule has 0 atom stereocenters. The summed E-state index contributed by atoms with van der Waals surface area (Å²) in [4.78, 5) is 3.59. The molecule has 0 bridgehead atoms. The zero-order valence-corrected chi connectivity index (χ0v) is 16.3. The maximum absolute atomic E-state index is 3.59. The van der Waals surface area contributed by atoms with Crippen LogP contribution in [-0.4, -0.2) is 18.6 Å². The quantitative estimate of drug-likeness (QED) is 0.514. The molecule has 1 aromatic heterocycles. The monoisotopic (exact) mass is 397 g/mol. The molecule has 0 radical (unpaired) electrons. The number of nitrogens with one attached hydrogen (secondary N) is 1. The Balaban J connectivity index is 0.000001000. The topological polar surface area (TPSA) is 15.8 Å². The van der Waals surface area contributed by atoms with Crippen LogP contribution in [-0.2, 0) is 23.2 Å². The molecule has 1 aromatic carbocycles. The average molecular weight is 400 g/mol. The first-order chi connectivity index (χ1) is 8.74. The Kier molecular flexibility index (Phi) is 6.87. The third-order valence-electron chi connectivity index (χ3n) is 3.15. The predicted octanol–water partition coefficient (Wildman–Crippen LogP) is -3.15. The fourth-order valence-electron chi connectivity index (χ4n) is 2.25. The van der Waals surface area contributed by atoms with E-state index in [1.54, 1.807) is 8.45 Å². The van der Waals surface area contributed by atoms with Gasteiger partial charge in [-0.2, -0.15) is 0 Å². The molecule has 0 amide bonds. The Morgan fingerprint density at radius 1 is 1.10 bits per heavy atom. The number of fused-ring (bicyclic) bond motifs is 1. The van der Waals surface area contributed by atoms with Gasteiger partial charge in [0.2, 0.25) is 0 Å². The van der Waals surface area contributed by atoms with Gasteiger partial charge in [0.25, 0.3) is 0 Å². The summed E-state index contributed by atoms with van der Waals surface area (Å²) in [7, 11) is -0.319. The second-order valence-electron chi connectivity index (χ2n) is 4.75. The number of aromatic nitrogens is 1. The second-order valence-corrected chi connectivity index (χ2v) is 10.5. The molecule has 102 valence electrons. The largest absolute Gasteiger partial charge is 1.00 e. The third kappa shape index (κ3) is 3.71. The standard InChI is InChI=1S/C8H6N.C7H9Si.2ClH.Zr/c1-2-4-8-7(3-1)5-6-9-8;1-8(2)7-5-3-4-6-7;;;/h1-5,9H;3-5H,1-2H3;2*1H;/q;;;;+2/p-2. The Hall–Kier alpha value is -0.210. The second kappa shape index (κ2) is 7.70. The number of allylic oxidation sites excluding steroid dienone is 4. The Bertz CT molecular complexity index is 664. The van der Waals surface area contributed by atoms with E-state index in [0.717, 1.165) is 0 Å². The first kappa shape index (κ1) is 17.8. The summed E-state index contributed by atoms with van der Waals surface area (Å²) in [6, 6.07) is 10.9. The average Bonchev–Trinajstić information content (AvgIpc) is 2.94. The Morgan fingerprint density at radius 3 is 2.55 bits per heavy atom. The van der Waals surface area contributed by atoms with Crippen LogP contribution in [0.25, 0.3) is 10.9 Å². The molecule has 3 rings (SSSR count). The SMILES string of the molecule is C[Si](C)=C1C=CC=[C]1[Zr+2][c]1cc2ccccc2[nH]1.[Cl-].[Cl-]. The molecule has 1 heterocycles. The molecular weight excluding hydrogens is 384 g/mol. The van der Waals surface area contributed by atoms with Crippen molar-refractivity contribution in [3.8, 4) is 0 Å². The van der Waals surface area contributed by atoms with Crippen LogP contribution in [0.15, 0.2) is 51.8 Å². The predicted molar refractivity (Wildman–Crippen MR) is 77.6 cm³/mol. The normalized spacial score (nSPS) is 12.5. The number of hydrogen-bond donors (Lipinski definition) is 1. The Labute approximate surface area is 145 Å². The van der Waals surface area contributed by atoms with E-state index < -0.39 is 23.2 Å². The summed E-state index contributed by atoms with van der Waals surface area (Å²) in [5, 5.41) is 2.99.